The molecule has 4 nitrogen and oxygen atoms in total. The highest BCUT2D eigenvalue weighted by Crippen LogP contribution is 2.24. The summed E-state index contributed by atoms with van der Waals surface area (Å²) in [5.74, 6) is 1.62. The van der Waals surface area contributed by atoms with Gasteiger partial charge in [-0.15, -0.1) is 23.1 Å². The van der Waals surface area contributed by atoms with E-state index in [2.05, 4.69) is 21.7 Å². The second-order valence-electron chi connectivity index (χ2n) is 7.29. The van der Waals surface area contributed by atoms with Crippen LogP contribution in [0, 0.1) is 5.82 Å². The first-order valence-corrected chi connectivity index (χ1v) is 12.4. The number of carbonyl (C=O) groups is 1. The zero-order chi connectivity index (χ0) is 21.0. The summed E-state index contributed by atoms with van der Waals surface area (Å²) < 4.78 is 18.9. The summed E-state index contributed by atoms with van der Waals surface area (Å²) in [5, 5.41) is 4.91. The van der Waals surface area contributed by atoms with Crippen LogP contribution in [0.25, 0.3) is 0 Å². The first-order chi connectivity index (χ1) is 14.7. The SMILES string of the molecule is O=C(CSCc1cccc(F)c1)NCC=CCOc1csc(CN2CCCCC2)c1. The van der Waals surface area contributed by atoms with Crippen LogP contribution < -0.4 is 10.1 Å². The Morgan fingerprint density at radius 2 is 2.10 bits per heavy atom. The highest BCUT2D eigenvalue weighted by Gasteiger charge is 2.11. The molecule has 162 valence electrons. The number of hydrogen-bond acceptors (Lipinski definition) is 5. The average Bonchev–Trinajstić information content (AvgIpc) is 3.18. The monoisotopic (exact) mass is 448 g/mol. The van der Waals surface area contributed by atoms with Gasteiger partial charge in [0.2, 0.25) is 5.91 Å². The van der Waals surface area contributed by atoms with Gasteiger partial charge in [0.05, 0.1) is 5.75 Å². The Balaban J connectivity index is 1.24. The van der Waals surface area contributed by atoms with Crippen molar-refractivity contribution in [2.75, 3.05) is 32.0 Å². The van der Waals surface area contributed by atoms with Gasteiger partial charge in [-0.25, -0.2) is 4.39 Å². The normalized spacial score (nSPS) is 14.8. The average molecular weight is 449 g/mol. The molecule has 2 heterocycles. The largest absolute Gasteiger partial charge is 0.489 e. The number of amides is 1. The van der Waals surface area contributed by atoms with E-state index in [-0.39, 0.29) is 11.7 Å². The van der Waals surface area contributed by atoms with Gasteiger partial charge in [0.1, 0.15) is 18.2 Å². The third-order valence-corrected chi connectivity index (χ3v) is 6.68. The molecule has 0 aliphatic carbocycles. The maximum absolute atomic E-state index is 13.1. The van der Waals surface area contributed by atoms with Crippen LogP contribution in [0.15, 0.2) is 47.9 Å². The molecule has 0 spiro atoms. The maximum atomic E-state index is 13.1. The number of nitrogens with one attached hydrogen (secondary N) is 1. The second-order valence-corrected chi connectivity index (χ2v) is 9.28. The molecule has 1 aliphatic rings. The van der Waals surface area contributed by atoms with E-state index in [1.165, 1.54) is 61.1 Å². The van der Waals surface area contributed by atoms with E-state index >= 15 is 0 Å². The van der Waals surface area contributed by atoms with Crippen molar-refractivity contribution < 1.29 is 13.9 Å². The molecule has 7 heteroatoms. The summed E-state index contributed by atoms with van der Waals surface area (Å²) in [7, 11) is 0. The lowest BCUT2D eigenvalue weighted by Gasteiger charge is -2.25. The fourth-order valence-corrected chi connectivity index (χ4v) is 4.91. The molecular weight excluding hydrogens is 419 g/mol. The van der Waals surface area contributed by atoms with Crippen LogP contribution in [-0.2, 0) is 17.1 Å². The van der Waals surface area contributed by atoms with Gasteiger partial charge in [-0.05, 0) is 55.8 Å². The standard InChI is InChI=1S/C23H29FN2O2S2/c24-20-8-6-7-19(13-20)16-29-18-23(27)25-9-2-5-12-28-21-14-22(30-17-21)15-26-10-3-1-4-11-26/h2,5-8,13-14,17H,1,3-4,9-12,15-16,18H2,(H,25,27). The van der Waals surface area contributed by atoms with Crippen molar-refractivity contribution in [1.82, 2.24) is 10.2 Å². The van der Waals surface area contributed by atoms with E-state index in [9.17, 15) is 9.18 Å². The summed E-state index contributed by atoms with van der Waals surface area (Å²) in [6.45, 7) is 4.39. The minimum atomic E-state index is -0.245. The molecule has 1 aromatic carbocycles. The van der Waals surface area contributed by atoms with Crippen LogP contribution in [0.4, 0.5) is 4.39 Å². The predicted molar refractivity (Wildman–Crippen MR) is 124 cm³/mol. The van der Waals surface area contributed by atoms with Gasteiger partial charge in [-0.1, -0.05) is 24.6 Å². The van der Waals surface area contributed by atoms with Gasteiger partial charge >= 0.3 is 0 Å². The van der Waals surface area contributed by atoms with E-state index < -0.39 is 0 Å². The third-order valence-electron chi connectivity index (χ3n) is 4.78. The van der Waals surface area contributed by atoms with Gasteiger partial charge in [0, 0.05) is 29.1 Å². The molecule has 3 rings (SSSR count). The number of carbonyl (C=O) groups excluding carboxylic acids is 1. The van der Waals surface area contributed by atoms with Crippen molar-refractivity contribution in [3.63, 3.8) is 0 Å². The number of nitrogens with zero attached hydrogens (tertiary/aromatic N) is 1. The minimum absolute atomic E-state index is 0.0258. The number of thioether (sulfide) groups is 1. The van der Waals surface area contributed by atoms with Gasteiger partial charge in [0.25, 0.3) is 0 Å². The Labute approximate surface area is 186 Å². The van der Waals surface area contributed by atoms with E-state index in [1.54, 1.807) is 17.4 Å². The molecule has 2 aromatic rings. The summed E-state index contributed by atoms with van der Waals surface area (Å²) >= 11 is 3.22. The molecular formula is C23H29FN2O2S2. The molecule has 1 aliphatic heterocycles. The fourth-order valence-electron chi connectivity index (χ4n) is 3.26. The van der Waals surface area contributed by atoms with Crippen LogP contribution in [0.5, 0.6) is 5.75 Å². The molecule has 1 N–H and O–H groups in total. The molecule has 0 radical (unpaired) electrons. The topological polar surface area (TPSA) is 41.6 Å². The van der Waals surface area contributed by atoms with Crippen LogP contribution in [0.1, 0.15) is 29.7 Å². The molecule has 1 fully saturated rings. The number of thiophene rings is 1. The predicted octanol–water partition coefficient (Wildman–Crippen LogP) is 4.86. The number of ether oxygens (including phenoxy) is 1. The number of piperidine rings is 1. The van der Waals surface area contributed by atoms with E-state index in [4.69, 9.17) is 4.74 Å². The zero-order valence-electron chi connectivity index (χ0n) is 17.1. The third kappa shape index (κ3) is 8.50. The Hall–Kier alpha value is -1.83. The number of likely N-dealkylation sites (tertiary alicyclic amines) is 1. The van der Waals surface area contributed by atoms with Gasteiger partial charge < -0.3 is 10.1 Å². The fraction of sp³-hybridized carbons (Fsp3) is 0.435. The van der Waals surface area contributed by atoms with Crippen LogP contribution >= 0.6 is 23.1 Å². The molecule has 0 unspecified atom stereocenters. The smallest absolute Gasteiger partial charge is 0.230 e. The van der Waals surface area contributed by atoms with Gasteiger partial charge in [-0.3, -0.25) is 9.69 Å². The zero-order valence-corrected chi connectivity index (χ0v) is 18.8. The minimum Gasteiger partial charge on any atom is -0.489 e. The van der Waals surface area contributed by atoms with Gasteiger partial charge in [-0.2, -0.15) is 0 Å². The first-order valence-electron chi connectivity index (χ1n) is 10.4. The van der Waals surface area contributed by atoms with Crippen molar-refractivity contribution >= 4 is 29.0 Å². The molecule has 1 aromatic heterocycles. The molecule has 0 atom stereocenters. The lowest BCUT2D eigenvalue weighted by atomic mass is 10.1. The van der Waals surface area contributed by atoms with E-state index in [1.807, 2.05) is 18.2 Å². The summed E-state index contributed by atoms with van der Waals surface area (Å²) in [6, 6.07) is 8.59. The molecule has 0 saturated carbocycles. The summed E-state index contributed by atoms with van der Waals surface area (Å²) in [5.41, 5.74) is 0.886. The van der Waals surface area contributed by atoms with Crippen molar-refractivity contribution in [3.8, 4) is 5.75 Å². The Kier molecular flexibility index (Phi) is 9.73. The highest BCUT2D eigenvalue weighted by atomic mass is 32.2. The maximum Gasteiger partial charge on any atom is 0.230 e. The number of halogens is 1. The lowest BCUT2D eigenvalue weighted by Crippen LogP contribution is -2.28. The summed E-state index contributed by atoms with van der Waals surface area (Å²) in [4.78, 5) is 15.7. The van der Waals surface area contributed by atoms with Crippen molar-refractivity contribution in [2.24, 2.45) is 0 Å². The van der Waals surface area contributed by atoms with E-state index in [0.717, 1.165) is 17.9 Å². The molecule has 30 heavy (non-hydrogen) atoms. The number of benzene rings is 1. The lowest BCUT2D eigenvalue weighted by molar-refractivity contribution is -0.118. The van der Waals surface area contributed by atoms with Crippen LogP contribution in [-0.4, -0.2) is 42.8 Å². The summed E-state index contributed by atoms with van der Waals surface area (Å²) in [6.07, 6.45) is 7.79. The van der Waals surface area contributed by atoms with Crippen LogP contribution in [0.2, 0.25) is 0 Å². The van der Waals surface area contributed by atoms with Crippen molar-refractivity contribution in [1.29, 1.82) is 0 Å². The van der Waals surface area contributed by atoms with Crippen LogP contribution in [0.3, 0.4) is 0 Å². The Morgan fingerprint density at radius 3 is 2.93 bits per heavy atom. The van der Waals surface area contributed by atoms with Gasteiger partial charge in [0.15, 0.2) is 0 Å². The Morgan fingerprint density at radius 1 is 1.23 bits per heavy atom. The highest BCUT2D eigenvalue weighted by molar-refractivity contribution is 7.99. The number of hydrogen-bond donors (Lipinski definition) is 1. The van der Waals surface area contributed by atoms with Crippen molar-refractivity contribution in [2.45, 2.75) is 31.6 Å². The number of rotatable bonds is 11. The molecule has 1 saturated heterocycles. The Bertz CT molecular complexity index is 819. The first kappa shape index (κ1) is 22.8. The van der Waals surface area contributed by atoms with E-state index in [0.29, 0.717) is 24.7 Å². The molecule has 0 bridgehead atoms. The molecule has 1 amide bonds. The van der Waals surface area contributed by atoms with Crippen molar-refractivity contribution in [3.05, 3.63) is 64.1 Å². The second kappa shape index (κ2) is 12.8. The quantitative estimate of drug-likeness (QED) is 0.499.